The van der Waals surface area contributed by atoms with Crippen molar-refractivity contribution in [2.75, 3.05) is 24.5 Å². The van der Waals surface area contributed by atoms with E-state index in [1.807, 2.05) is 30.3 Å². The summed E-state index contributed by atoms with van der Waals surface area (Å²) in [5.74, 6) is 0.449. The van der Waals surface area contributed by atoms with E-state index in [0.717, 1.165) is 23.7 Å². The lowest BCUT2D eigenvalue weighted by Crippen LogP contribution is -2.34. The maximum atomic E-state index is 13.0. The van der Waals surface area contributed by atoms with E-state index < -0.39 is 0 Å². The van der Waals surface area contributed by atoms with Crippen molar-refractivity contribution in [1.29, 1.82) is 0 Å². The molecule has 0 aromatic heterocycles. The molecule has 2 aliphatic rings. The van der Waals surface area contributed by atoms with Gasteiger partial charge in [-0.05, 0) is 56.2 Å². The molecule has 0 unspecified atom stereocenters. The van der Waals surface area contributed by atoms with Gasteiger partial charge in [-0.3, -0.25) is 9.79 Å². The molecule has 1 saturated carbocycles. The van der Waals surface area contributed by atoms with Crippen LogP contribution in [0.25, 0.3) is 0 Å². The number of aliphatic imine (C=N–C) groups is 1. The Morgan fingerprint density at radius 1 is 0.971 bits per heavy atom. The van der Waals surface area contributed by atoms with Gasteiger partial charge in [0.2, 0.25) is 0 Å². The summed E-state index contributed by atoms with van der Waals surface area (Å²) in [4.78, 5) is 22.9. The lowest BCUT2D eigenvalue weighted by Gasteiger charge is -2.24. The van der Waals surface area contributed by atoms with Gasteiger partial charge >= 0.3 is 0 Å². The number of carbonyl (C=O) groups excluding carboxylic acids is 1. The molecule has 3 aromatic rings. The summed E-state index contributed by atoms with van der Waals surface area (Å²) >= 11 is 1.76. The third kappa shape index (κ3) is 5.46. The number of rotatable bonds is 7. The van der Waals surface area contributed by atoms with E-state index in [1.54, 1.807) is 11.8 Å². The van der Waals surface area contributed by atoms with Gasteiger partial charge in [0.1, 0.15) is 0 Å². The Kier molecular flexibility index (Phi) is 7.53. The van der Waals surface area contributed by atoms with Crippen molar-refractivity contribution in [3.63, 3.8) is 0 Å². The summed E-state index contributed by atoms with van der Waals surface area (Å²) < 4.78 is 0. The van der Waals surface area contributed by atoms with Crippen LogP contribution in [0.5, 0.6) is 0 Å². The molecule has 1 aliphatic carbocycles. The summed E-state index contributed by atoms with van der Waals surface area (Å²) in [5.41, 5.74) is 5.22. The summed E-state index contributed by atoms with van der Waals surface area (Å²) in [7, 11) is 0. The highest BCUT2D eigenvalue weighted by Gasteiger charge is 2.26. The average Bonchev–Trinajstić information content (AvgIpc) is 3.08. The predicted molar refractivity (Wildman–Crippen MR) is 146 cm³/mol. The molecule has 1 amide bonds. The number of hydrogen-bond donors (Lipinski definition) is 1. The van der Waals surface area contributed by atoms with E-state index in [1.165, 1.54) is 54.0 Å². The topological polar surface area (TPSA) is 44.7 Å². The first kappa shape index (κ1) is 23.7. The summed E-state index contributed by atoms with van der Waals surface area (Å²) in [5, 5.41) is 3.11. The third-order valence-corrected chi connectivity index (χ3v) is 8.15. The molecule has 35 heavy (non-hydrogen) atoms. The van der Waals surface area contributed by atoms with Crippen LogP contribution in [0, 0.1) is 5.92 Å². The first-order chi connectivity index (χ1) is 17.2. The van der Waals surface area contributed by atoms with Crippen molar-refractivity contribution >= 4 is 34.8 Å². The fourth-order valence-corrected chi connectivity index (χ4v) is 6.12. The van der Waals surface area contributed by atoms with E-state index in [9.17, 15) is 4.79 Å². The van der Waals surface area contributed by atoms with Crippen LogP contribution in [-0.4, -0.2) is 31.3 Å². The Bertz CT molecular complexity index is 1200. The van der Waals surface area contributed by atoms with Crippen LogP contribution in [0.15, 0.2) is 87.6 Å². The number of hydrogen-bond acceptors (Lipinski definition) is 4. The van der Waals surface area contributed by atoms with Gasteiger partial charge < -0.3 is 10.2 Å². The quantitative estimate of drug-likeness (QED) is 0.389. The van der Waals surface area contributed by atoms with Crippen LogP contribution >= 0.6 is 11.8 Å². The molecule has 1 heterocycles. The normalized spacial score (nSPS) is 15.4. The van der Waals surface area contributed by atoms with Crippen LogP contribution in [-0.2, 0) is 0 Å². The molecule has 0 saturated heterocycles. The zero-order valence-corrected chi connectivity index (χ0v) is 21.2. The second-order valence-electron chi connectivity index (χ2n) is 9.28. The van der Waals surface area contributed by atoms with Gasteiger partial charge in [-0.1, -0.05) is 67.4 Å². The number of para-hydroxylation sites is 1. The lowest BCUT2D eigenvalue weighted by atomic mass is 9.83. The van der Waals surface area contributed by atoms with Gasteiger partial charge in [0.25, 0.3) is 5.91 Å². The zero-order chi connectivity index (χ0) is 24.0. The number of nitrogens with one attached hydrogen (secondary N) is 1. The number of carbonyl (C=O) groups is 1. The van der Waals surface area contributed by atoms with Gasteiger partial charge in [-0.2, -0.15) is 0 Å². The molecule has 1 fully saturated rings. The Labute approximate surface area is 212 Å². The van der Waals surface area contributed by atoms with Crippen LogP contribution < -0.4 is 10.2 Å². The van der Waals surface area contributed by atoms with Crippen LogP contribution in [0.2, 0.25) is 0 Å². The fraction of sp³-hybridized carbons (Fsp3) is 0.333. The van der Waals surface area contributed by atoms with Gasteiger partial charge in [0.05, 0.1) is 11.4 Å². The Hall–Kier alpha value is -3.05. The van der Waals surface area contributed by atoms with Gasteiger partial charge in [-0.15, -0.1) is 0 Å². The van der Waals surface area contributed by atoms with E-state index in [0.29, 0.717) is 18.0 Å². The van der Waals surface area contributed by atoms with Crippen molar-refractivity contribution < 1.29 is 4.79 Å². The van der Waals surface area contributed by atoms with Crippen LogP contribution in [0.3, 0.4) is 0 Å². The number of amides is 1. The van der Waals surface area contributed by atoms with Crippen LogP contribution in [0.1, 0.15) is 54.9 Å². The Morgan fingerprint density at radius 3 is 2.54 bits per heavy atom. The van der Waals surface area contributed by atoms with Crippen molar-refractivity contribution in [2.45, 2.75) is 48.8 Å². The van der Waals surface area contributed by atoms with E-state index >= 15 is 0 Å². The molecule has 180 valence electrons. The fourth-order valence-electron chi connectivity index (χ4n) is 5.11. The van der Waals surface area contributed by atoms with Crippen molar-refractivity contribution in [1.82, 2.24) is 5.32 Å². The number of anilines is 1. The minimum atomic E-state index is -0.0434. The highest BCUT2D eigenvalue weighted by atomic mass is 32.2. The second-order valence-corrected chi connectivity index (χ2v) is 10.4. The van der Waals surface area contributed by atoms with Crippen LogP contribution in [0.4, 0.5) is 11.4 Å². The lowest BCUT2D eigenvalue weighted by molar-refractivity contribution is 0.0954. The smallest absolute Gasteiger partial charge is 0.251 e. The standard InChI is InChI=1S/C30H33N3OS/c1-2-33(24-13-7-4-8-14-24)20-19-31-30(34)23-17-18-28-26(21-23)32-29(22-11-5-3-6-12-22)25-15-9-10-16-27(25)35-28/h4,7-10,13-18,21-22H,2-3,5-6,11-12,19-20H2,1H3,(H,31,34). The summed E-state index contributed by atoms with van der Waals surface area (Å²) in [6.07, 6.45) is 6.25. The molecular weight excluding hydrogens is 450 g/mol. The largest absolute Gasteiger partial charge is 0.370 e. The van der Waals surface area contributed by atoms with Gasteiger partial charge in [0.15, 0.2) is 0 Å². The first-order valence-electron chi connectivity index (χ1n) is 12.8. The zero-order valence-electron chi connectivity index (χ0n) is 20.4. The highest BCUT2D eigenvalue weighted by molar-refractivity contribution is 7.99. The minimum Gasteiger partial charge on any atom is -0.370 e. The minimum absolute atomic E-state index is 0.0434. The number of benzene rings is 3. The first-order valence-corrected chi connectivity index (χ1v) is 13.6. The molecule has 3 aromatic carbocycles. The molecule has 0 atom stereocenters. The van der Waals surface area contributed by atoms with Crippen molar-refractivity contribution in [3.8, 4) is 0 Å². The highest BCUT2D eigenvalue weighted by Crippen LogP contribution is 2.43. The molecule has 1 N–H and O–H groups in total. The molecule has 4 nitrogen and oxygen atoms in total. The van der Waals surface area contributed by atoms with Gasteiger partial charge in [-0.25, -0.2) is 0 Å². The molecule has 5 heteroatoms. The predicted octanol–water partition coefficient (Wildman–Crippen LogP) is 7.11. The molecule has 1 aliphatic heterocycles. The molecule has 5 rings (SSSR count). The maximum Gasteiger partial charge on any atom is 0.251 e. The van der Waals surface area contributed by atoms with E-state index in [-0.39, 0.29) is 5.91 Å². The monoisotopic (exact) mass is 483 g/mol. The number of nitrogens with zero attached hydrogens (tertiary/aromatic N) is 2. The van der Waals surface area contributed by atoms with Gasteiger partial charge in [0, 0.05) is 52.2 Å². The molecule has 0 bridgehead atoms. The SMILES string of the molecule is CCN(CCNC(=O)c1ccc2c(c1)N=C(C1CCCCC1)c1ccccc1S2)c1ccccc1. The summed E-state index contributed by atoms with van der Waals surface area (Å²) in [6, 6.07) is 24.9. The van der Waals surface area contributed by atoms with Crippen molar-refractivity contribution in [2.24, 2.45) is 10.9 Å². The van der Waals surface area contributed by atoms with E-state index in [2.05, 4.69) is 59.6 Å². The maximum absolute atomic E-state index is 13.0. The summed E-state index contributed by atoms with van der Waals surface area (Å²) in [6.45, 7) is 4.40. The Morgan fingerprint density at radius 2 is 1.74 bits per heavy atom. The number of fused-ring (bicyclic) bond motifs is 2. The average molecular weight is 484 g/mol. The second kappa shape index (κ2) is 11.1. The Balaban J connectivity index is 1.34. The third-order valence-electron chi connectivity index (χ3n) is 7.01. The molecule has 0 radical (unpaired) electrons. The molecular formula is C30H33N3OS. The molecule has 0 spiro atoms. The van der Waals surface area contributed by atoms with Crippen molar-refractivity contribution in [3.05, 3.63) is 83.9 Å². The van der Waals surface area contributed by atoms with E-state index in [4.69, 9.17) is 4.99 Å². The number of likely N-dealkylation sites (N-methyl/N-ethyl adjacent to an activating group) is 1.